The van der Waals surface area contributed by atoms with Gasteiger partial charge in [-0.1, -0.05) is 6.58 Å². The number of hydrogen-bond acceptors (Lipinski definition) is 6. The van der Waals surface area contributed by atoms with Crippen LogP contribution in [0.1, 0.15) is 12.6 Å². The average molecular weight is 301 g/mol. The molecular formula is C14H15N5O3. The quantitative estimate of drug-likeness (QED) is 0.837. The van der Waals surface area contributed by atoms with Crippen LogP contribution < -0.4 is 10.2 Å². The van der Waals surface area contributed by atoms with Gasteiger partial charge < -0.3 is 10.1 Å². The van der Waals surface area contributed by atoms with E-state index in [1.54, 1.807) is 20.0 Å². The van der Waals surface area contributed by atoms with Crippen LogP contribution in [0.15, 0.2) is 35.6 Å². The van der Waals surface area contributed by atoms with E-state index in [9.17, 15) is 9.59 Å². The Kier molecular flexibility index (Phi) is 4.62. The fraction of sp³-hybridized carbons (Fsp3) is 0.214. The van der Waals surface area contributed by atoms with Crippen LogP contribution in [0.3, 0.4) is 0 Å². The molecule has 8 heteroatoms. The van der Waals surface area contributed by atoms with E-state index in [1.165, 1.54) is 12.4 Å². The predicted molar refractivity (Wildman–Crippen MR) is 81.2 cm³/mol. The number of anilines is 1. The number of nitrogens with zero attached hydrogens (tertiary/aromatic N) is 4. The fourth-order valence-corrected chi connectivity index (χ4v) is 1.81. The standard InChI is InChI=1S/C14H15N5O3/c1-4-22-14(21)19(8-20)12-7-16-6-11(17-12)10-5-9(2)13(15-3)18-10/h5-8H,2,4H2,1,3H3,(H,15,18). The second-order valence-electron chi connectivity index (χ2n) is 4.22. The smallest absolute Gasteiger partial charge is 0.422 e. The minimum atomic E-state index is -0.808. The van der Waals surface area contributed by atoms with Gasteiger partial charge in [0, 0.05) is 12.6 Å². The number of aliphatic imine (C=N–C) groups is 1. The van der Waals surface area contributed by atoms with Crippen molar-refractivity contribution in [3.8, 4) is 0 Å². The van der Waals surface area contributed by atoms with Crippen LogP contribution in [0.4, 0.5) is 10.6 Å². The van der Waals surface area contributed by atoms with Gasteiger partial charge in [0.25, 0.3) is 0 Å². The zero-order valence-corrected chi connectivity index (χ0v) is 12.2. The lowest BCUT2D eigenvalue weighted by molar-refractivity contribution is -0.107. The molecule has 0 bridgehead atoms. The SMILES string of the molecule is C=C1C=C(c2cncc(N(C=O)C(=O)OCC)n2)NC1=NC. The molecule has 0 spiro atoms. The number of hydrogen-bond donors (Lipinski definition) is 1. The van der Waals surface area contributed by atoms with Gasteiger partial charge in [-0.25, -0.2) is 9.78 Å². The summed E-state index contributed by atoms with van der Waals surface area (Å²) in [6, 6.07) is 0. The number of nitrogens with one attached hydrogen (secondary N) is 1. The highest BCUT2D eigenvalue weighted by atomic mass is 16.6. The zero-order chi connectivity index (χ0) is 16.1. The Labute approximate surface area is 127 Å². The number of carbonyl (C=O) groups excluding carboxylic acids is 2. The summed E-state index contributed by atoms with van der Waals surface area (Å²) in [5, 5.41) is 3.03. The number of rotatable bonds is 4. The molecule has 22 heavy (non-hydrogen) atoms. The maximum atomic E-state index is 11.7. The minimum absolute atomic E-state index is 0.0705. The second-order valence-corrected chi connectivity index (χ2v) is 4.22. The van der Waals surface area contributed by atoms with Gasteiger partial charge in [-0.05, 0) is 13.0 Å². The molecule has 0 atom stereocenters. The first-order valence-electron chi connectivity index (χ1n) is 6.49. The first kappa shape index (κ1) is 15.4. The molecular weight excluding hydrogens is 286 g/mol. The Hall–Kier alpha value is -3.03. The lowest BCUT2D eigenvalue weighted by atomic mass is 10.2. The topological polar surface area (TPSA) is 96.8 Å². The molecule has 1 N–H and O–H groups in total. The molecule has 2 amide bonds. The van der Waals surface area contributed by atoms with Crippen molar-refractivity contribution in [2.75, 3.05) is 18.6 Å². The van der Waals surface area contributed by atoms with E-state index < -0.39 is 6.09 Å². The van der Waals surface area contributed by atoms with E-state index in [-0.39, 0.29) is 12.4 Å². The lowest BCUT2D eigenvalue weighted by Gasteiger charge is -2.14. The summed E-state index contributed by atoms with van der Waals surface area (Å²) in [7, 11) is 1.64. The Morgan fingerprint density at radius 1 is 1.55 bits per heavy atom. The number of amides is 2. The van der Waals surface area contributed by atoms with Crippen LogP contribution in [0.5, 0.6) is 0 Å². The molecule has 1 aliphatic heterocycles. The number of carbonyl (C=O) groups is 2. The molecule has 114 valence electrons. The third-order valence-electron chi connectivity index (χ3n) is 2.81. The third-order valence-corrected chi connectivity index (χ3v) is 2.81. The van der Waals surface area contributed by atoms with E-state index in [4.69, 9.17) is 4.74 Å². The molecule has 0 fully saturated rings. The molecule has 2 heterocycles. The predicted octanol–water partition coefficient (Wildman–Crippen LogP) is 1.12. The summed E-state index contributed by atoms with van der Waals surface area (Å²) in [5.41, 5.74) is 1.80. The molecule has 1 aromatic rings. The van der Waals surface area contributed by atoms with Gasteiger partial charge >= 0.3 is 6.09 Å². The van der Waals surface area contributed by atoms with Crippen LogP contribution in [0.2, 0.25) is 0 Å². The Morgan fingerprint density at radius 2 is 2.32 bits per heavy atom. The average Bonchev–Trinajstić information content (AvgIpc) is 2.90. The number of aromatic nitrogens is 2. The van der Waals surface area contributed by atoms with Crippen molar-refractivity contribution in [2.45, 2.75) is 6.92 Å². The Balaban J connectivity index is 2.31. The molecule has 8 nitrogen and oxygen atoms in total. The summed E-state index contributed by atoms with van der Waals surface area (Å²) in [5.74, 6) is 0.695. The van der Waals surface area contributed by atoms with Crippen LogP contribution in [0, 0.1) is 0 Å². The van der Waals surface area contributed by atoms with Gasteiger partial charge in [-0.3, -0.25) is 14.8 Å². The normalized spacial score (nSPS) is 15.3. The molecule has 1 aromatic heterocycles. The number of imide groups is 1. The fourth-order valence-electron chi connectivity index (χ4n) is 1.81. The maximum Gasteiger partial charge on any atom is 0.422 e. The van der Waals surface area contributed by atoms with Gasteiger partial charge in [-0.2, -0.15) is 4.90 Å². The first-order chi connectivity index (χ1) is 10.6. The molecule has 0 radical (unpaired) electrons. The van der Waals surface area contributed by atoms with E-state index in [0.717, 1.165) is 4.90 Å². The second kappa shape index (κ2) is 6.61. The highest BCUT2D eigenvalue weighted by Gasteiger charge is 2.21. The lowest BCUT2D eigenvalue weighted by Crippen LogP contribution is -2.31. The maximum absolute atomic E-state index is 11.7. The molecule has 0 saturated carbocycles. The van der Waals surface area contributed by atoms with E-state index in [1.807, 2.05) is 0 Å². The molecule has 0 unspecified atom stereocenters. The summed E-state index contributed by atoms with van der Waals surface area (Å²) >= 11 is 0. The van der Waals surface area contributed by atoms with Crippen LogP contribution >= 0.6 is 0 Å². The molecule has 0 saturated heterocycles. The van der Waals surface area contributed by atoms with Crippen molar-refractivity contribution in [2.24, 2.45) is 4.99 Å². The van der Waals surface area contributed by atoms with E-state index >= 15 is 0 Å². The largest absolute Gasteiger partial charge is 0.449 e. The van der Waals surface area contributed by atoms with Crippen molar-refractivity contribution < 1.29 is 14.3 Å². The highest BCUT2D eigenvalue weighted by molar-refractivity contribution is 6.10. The van der Waals surface area contributed by atoms with Gasteiger partial charge in [0.1, 0.15) is 11.5 Å². The molecule has 1 aliphatic rings. The number of amidine groups is 1. The van der Waals surface area contributed by atoms with Gasteiger partial charge in [0.15, 0.2) is 5.82 Å². The number of ether oxygens (including phenoxy) is 1. The summed E-state index contributed by atoms with van der Waals surface area (Å²) in [4.78, 5) is 35.8. The Bertz CT molecular complexity index is 681. The van der Waals surface area contributed by atoms with E-state index in [2.05, 4.69) is 26.9 Å². The molecule has 0 aliphatic carbocycles. The van der Waals surface area contributed by atoms with Crippen molar-refractivity contribution in [1.82, 2.24) is 15.3 Å². The summed E-state index contributed by atoms with van der Waals surface area (Å²) in [6.45, 7) is 5.65. The van der Waals surface area contributed by atoms with Crippen molar-refractivity contribution in [3.05, 3.63) is 36.3 Å². The van der Waals surface area contributed by atoms with Crippen LogP contribution in [-0.4, -0.2) is 42.0 Å². The van der Waals surface area contributed by atoms with Gasteiger partial charge in [-0.15, -0.1) is 0 Å². The van der Waals surface area contributed by atoms with Crippen LogP contribution in [0.25, 0.3) is 5.70 Å². The molecule has 0 aromatic carbocycles. The first-order valence-corrected chi connectivity index (χ1v) is 6.49. The van der Waals surface area contributed by atoms with Crippen molar-refractivity contribution >= 4 is 29.9 Å². The third kappa shape index (κ3) is 3.00. The van der Waals surface area contributed by atoms with Crippen molar-refractivity contribution in [1.29, 1.82) is 0 Å². The van der Waals surface area contributed by atoms with Crippen molar-refractivity contribution in [3.63, 3.8) is 0 Å². The van der Waals surface area contributed by atoms with Crippen LogP contribution in [-0.2, 0) is 9.53 Å². The summed E-state index contributed by atoms with van der Waals surface area (Å²) in [6.07, 6.45) is 4.08. The highest BCUT2D eigenvalue weighted by Crippen LogP contribution is 2.20. The zero-order valence-electron chi connectivity index (χ0n) is 12.2. The molecule has 2 rings (SSSR count). The Morgan fingerprint density at radius 3 is 2.91 bits per heavy atom. The monoisotopic (exact) mass is 301 g/mol. The minimum Gasteiger partial charge on any atom is -0.449 e. The van der Waals surface area contributed by atoms with E-state index in [0.29, 0.717) is 29.2 Å². The van der Waals surface area contributed by atoms with Gasteiger partial charge in [0.2, 0.25) is 6.41 Å². The summed E-state index contributed by atoms with van der Waals surface area (Å²) < 4.78 is 4.79. The van der Waals surface area contributed by atoms with Gasteiger partial charge in [0.05, 0.1) is 24.7 Å².